The molecule has 0 aliphatic heterocycles. The van der Waals surface area contributed by atoms with E-state index in [0.717, 1.165) is 15.1 Å². The molecule has 1 atom stereocenters. The molecule has 1 N–H and O–H groups in total. The largest absolute Gasteiger partial charge is 0.309 e. The van der Waals surface area contributed by atoms with Gasteiger partial charge in [-0.3, -0.25) is 0 Å². The summed E-state index contributed by atoms with van der Waals surface area (Å²) < 4.78 is 1.09. The van der Waals surface area contributed by atoms with E-state index < -0.39 is 0 Å². The van der Waals surface area contributed by atoms with Gasteiger partial charge in [-0.1, -0.05) is 51.3 Å². The zero-order valence-corrected chi connectivity index (χ0v) is 14.6. The third-order valence-electron chi connectivity index (χ3n) is 3.68. The lowest BCUT2D eigenvalue weighted by Crippen LogP contribution is -2.19. The predicted octanol–water partition coefficient (Wildman–Crippen LogP) is 5.34. The quantitative estimate of drug-likeness (QED) is 0.786. The smallest absolute Gasteiger partial charge is 0.0600 e. The van der Waals surface area contributed by atoms with Crippen molar-refractivity contribution >= 4 is 27.5 Å². The van der Waals surface area contributed by atoms with Crippen molar-refractivity contribution in [2.45, 2.75) is 26.8 Å². The molecular formula is C17H19BrClN. The van der Waals surface area contributed by atoms with E-state index in [-0.39, 0.29) is 6.04 Å². The Morgan fingerprint density at radius 1 is 1.00 bits per heavy atom. The average molecular weight is 353 g/mol. The first-order valence-electron chi connectivity index (χ1n) is 6.64. The summed E-state index contributed by atoms with van der Waals surface area (Å²) in [5.74, 6) is 0. The molecular weight excluding hydrogens is 334 g/mol. The second-order valence-corrected chi connectivity index (χ2v) is 6.47. The van der Waals surface area contributed by atoms with Gasteiger partial charge >= 0.3 is 0 Å². The lowest BCUT2D eigenvalue weighted by atomic mass is 9.94. The predicted molar refractivity (Wildman–Crippen MR) is 90.7 cm³/mol. The Morgan fingerprint density at radius 2 is 1.65 bits per heavy atom. The van der Waals surface area contributed by atoms with Crippen molar-refractivity contribution in [2.24, 2.45) is 0 Å². The maximum Gasteiger partial charge on any atom is 0.0600 e. The molecule has 2 aromatic carbocycles. The third kappa shape index (κ3) is 3.08. The van der Waals surface area contributed by atoms with Crippen molar-refractivity contribution in [3.8, 4) is 0 Å². The Labute approximate surface area is 134 Å². The summed E-state index contributed by atoms with van der Waals surface area (Å²) in [6.45, 7) is 6.31. The van der Waals surface area contributed by atoms with Gasteiger partial charge in [0.05, 0.1) is 6.04 Å². The number of aryl methyl sites for hydroxylation is 3. The van der Waals surface area contributed by atoms with E-state index in [1.54, 1.807) is 0 Å². The standard InChI is InChI=1S/C17H19BrClN/c1-10-5-6-15(18)13(7-10)17(20-4)14-8-11(2)12(3)9-16(14)19/h5-9,17,20H,1-4H3. The fraction of sp³-hybridized carbons (Fsp3) is 0.294. The van der Waals surface area contributed by atoms with Crippen molar-refractivity contribution in [1.29, 1.82) is 0 Å². The zero-order valence-electron chi connectivity index (χ0n) is 12.2. The van der Waals surface area contributed by atoms with E-state index in [1.165, 1.54) is 22.3 Å². The summed E-state index contributed by atoms with van der Waals surface area (Å²) in [5, 5.41) is 4.18. The van der Waals surface area contributed by atoms with Gasteiger partial charge in [0.15, 0.2) is 0 Å². The van der Waals surface area contributed by atoms with Gasteiger partial charge in [0, 0.05) is 9.50 Å². The summed E-state index contributed by atoms with van der Waals surface area (Å²) in [7, 11) is 1.96. The van der Waals surface area contributed by atoms with Gasteiger partial charge in [-0.25, -0.2) is 0 Å². The van der Waals surface area contributed by atoms with Gasteiger partial charge in [-0.15, -0.1) is 0 Å². The van der Waals surface area contributed by atoms with Crippen LogP contribution in [0.1, 0.15) is 33.9 Å². The SMILES string of the molecule is CNC(c1cc(C)c(C)cc1Cl)c1cc(C)ccc1Br. The molecule has 1 nitrogen and oxygen atoms in total. The van der Waals surface area contributed by atoms with Crippen LogP contribution in [0.2, 0.25) is 5.02 Å². The summed E-state index contributed by atoms with van der Waals surface area (Å²) >= 11 is 10.1. The van der Waals surface area contributed by atoms with Crippen molar-refractivity contribution in [3.63, 3.8) is 0 Å². The van der Waals surface area contributed by atoms with Gasteiger partial charge in [0.25, 0.3) is 0 Å². The highest BCUT2D eigenvalue weighted by atomic mass is 79.9. The molecule has 20 heavy (non-hydrogen) atoms. The molecule has 0 aromatic heterocycles. The van der Waals surface area contributed by atoms with E-state index in [1.807, 2.05) is 13.1 Å². The second kappa shape index (κ2) is 6.30. The van der Waals surface area contributed by atoms with Crippen molar-refractivity contribution < 1.29 is 0 Å². The number of hydrogen-bond donors (Lipinski definition) is 1. The molecule has 3 heteroatoms. The molecule has 106 valence electrons. The monoisotopic (exact) mass is 351 g/mol. The molecule has 0 amide bonds. The van der Waals surface area contributed by atoms with Crippen molar-refractivity contribution in [2.75, 3.05) is 7.05 Å². The summed E-state index contributed by atoms with van der Waals surface area (Å²) in [5.41, 5.74) is 6.04. The lowest BCUT2D eigenvalue weighted by Gasteiger charge is -2.21. The summed E-state index contributed by atoms with van der Waals surface area (Å²) in [6.07, 6.45) is 0. The van der Waals surface area contributed by atoms with E-state index >= 15 is 0 Å². The van der Waals surface area contributed by atoms with E-state index in [4.69, 9.17) is 11.6 Å². The number of rotatable bonds is 3. The highest BCUT2D eigenvalue weighted by molar-refractivity contribution is 9.10. The Bertz CT molecular complexity index is 637. The van der Waals surface area contributed by atoms with Gasteiger partial charge in [-0.2, -0.15) is 0 Å². The molecule has 2 rings (SSSR count). The average Bonchev–Trinajstić information content (AvgIpc) is 2.40. The molecule has 2 aromatic rings. The normalized spacial score (nSPS) is 12.5. The van der Waals surface area contributed by atoms with Crippen LogP contribution < -0.4 is 5.32 Å². The molecule has 0 aliphatic rings. The Hall–Kier alpha value is -0.830. The Kier molecular flexibility index (Phi) is 4.90. The maximum atomic E-state index is 6.46. The molecule has 0 spiro atoms. The number of nitrogens with one attached hydrogen (secondary N) is 1. The lowest BCUT2D eigenvalue weighted by molar-refractivity contribution is 0.687. The van der Waals surface area contributed by atoms with Crippen LogP contribution in [0.25, 0.3) is 0 Å². The van der Waals surface area contributed by atoms with E-state index in [9.17, 15) is 0 Å². The molecule has 0 heterocycles. The molecule has 1 unspecified atom stereocenters. The van der Waals surface area contributed by atoms with E-state index in [2.05, 4.69) is 66.3 Å². The fourth-order valence-electron chi connectivity index (χ4n) is 2.39. The fourth-order valence-corrected chi connectivity index (χ4v) is 3.19. The van der Waals surface area contributed by atoms with Crippen LogP contribution in [-0.2, 0) is 0 Å². The minimum Gasteiger partial charge on any atom is -0.309 e. The summed E-state index contributed by atoms with van der Waals surface area (Å²) in [4.78, 5) is 0. The Morgan fingerprint density at radius 3 is 2.30 bits per heavy atom. The first-order valence-corrected chi connectivity index (χ1v) is 7.81. The van der Waals surface area contributed by atoms with Gasteiger partial charge in [-0.05, 0) is 62.2 Å². The highest BCUT2D eigenvalue weighted by Gasteiger charge is 2.18. The van der Waals surface area contributed by atoms with Gasteiger partial charge in [0.1, 0.15) is 0 Å². The van der Waals surface area contributed by atoms with Crippen molar-refractivity contribution in [1.82, 2.24) is 5.32 Å². The van der Waals surface area contributed by atoms with Gasteiger partial charge < -0.3 is 5.32 Å². The summed E-state index contributed by atoms with van der Waals surface area (Å²) in [6, 6.07) is 10.7. The molecule has 0 fully saturated rings. The van der Waals surface area contributed by atoms with Crippen LogP contribution >= 0.6 is 27.5 Å². The van der Waals surface area contributed by atoms with Crippen molar-refractivity contribution in [3.05, 3.63) is 67.6 Å². The maximum absolute atomic E-state index is 6.46. The minimum atomic E-state index is 0.0797. The zero-order chi connectivity index (χ0) is 14.9. The molecule has 0 aliphatic carbocycles. The Balaban J connectivity index is 2.58. The molecule has 0 bridgehead atoms. The van der Waals surface area contributed by atoms with Crippen LogP contribution in [0.5, 0.6) is 0 Å². The molecule has 0 saturated heterocycles. The van der Waals surface area contributed by atoms with Crippen LogP contribution in [0.3, 0.4) is 0 Å². The third-order valence-corrected chi connectivity index (χ3v) is 4.72. The van der Waals surface area contributed by atoms with Crippen LogP contribution in [0, 0.1) is 20.8 Å². The second-order valence-electron chi connectivity index (χ2n) is 5.20. The number of benzene rings is 2. The highest BCUT2D eigenvalue weighted by Crippen LogP contribution is 2.34. The molecule has 0 saturated carbocycles. The number of halogens is 2. The van der Waals surface area contributed by atoms with E-state index in [0.29, 0.717) is 0 Å². The van der Waals surface area contributed by atoms with Gasteiger partial charge in [0.2, 0.25) is 0 Å². The topological polar surface area (TPSA) is 12.0 Å². The van der Waals surface area contributed by atoms with Crippen LogP contribution in [0.4, 0.5) is 0 Å². The minimum absolute atomic E-state index is 0.0797. The van der Waals surface area contributed by atoms with Crippen LogP contribution in [0.15, 0.2) is 34.8 Å². The van der Waals surface area contributed by atoms with Crippen LogP contribution in [-0.4, -0.2) is 7.05 Å². The molecule has 0 radical (unpaired) electrons. The number of hydrogen-bond acceptors (Lipinski definition) is 1. The first kappa shape index (κ1) is 15.6. The first-order chi connectivity index (χ1) is 9.43.